The Bertz CT molecular complexity index is 228. The second-order valence-corrected chi connectivity index (χ2v) is 4.36. The highest BCUT2D eigenvalue weighted by Crippen LogP contribution is 2.17. The van der Waals surface area contributed by atoms with E-state index in [1.54, 1.807) is 31.4 Å². The Morgan fingerprint density at radius 2 is 2.33 bits per heavy atom. The van der Waals surface area contributed by atoms with Crippen LogP contribution in [-0.4, -0.2) is 29.3 Å². The van der Waals surface area contributed by atoms with E-state index in [2.05, 4.69) is 4.98 Å². The lowest BCUT2D eigenvalue weighted by Gasteiger charge is -2.24. The van der Waals surface area contributed by atoms with Crippen molar-refractivity contribution in [1.29, 1.82) is 0 Å². The molecule has 0 radical (unpaired) electrons. The standard InChI is InChI=1S/C8H14N2OS/c1-8(2,11)6-10(3)7-9-4-5-12-7/h4-5,11H,6H2,1-3H3. The van der Waals surface area contributed by atoms with Gasteiger partial charge < -0.3 is 10.0 Å². The molecule has 3 nitrogen and oxygen atoms in total. The molecule has 0 aliphatic carbocycles. The van der Waals surface area contributed by atoms with Crippen molar-refractivity contribution >= 4 is 16.5 Å². The molecule has 0 aliphatic heterocycles. The molecule has 1 heterocycles. The van der Waals surface area contributed by atoms with E-state index in [0.717, 1.165) is 5.13 Å². The van der Waals surface area contributed by atoms with E-state index >= 15 is 0 Å². The Balaban J connectivity index is 2.56. The van der Waals surface area contributed by atoms with Crippen molar-refractivity contribution < 1.29 is 5.11 Å². The van der Waals surface area contributed by atoms with E-state index in [-0.39, 0.29) is 0 Å². The van der Waals surface area contributed by atoms with Crippen LogP contribution in [0.4, 0.5) is 5.13 Å². The van der Waals surface area contributed by atoms with Gasteiger partial charge in [0.05, 0.1) is 5.60 Å². The zero-order valence-corrected chi connectivity index (χ0v) is 8.43. The van der Waals surface area contributed by atoms with Gasteiger partial charge in [0, 0.05) is 25.2 Å². The maximum absolute atomic E-state index is 9.52. The van der Waals surface area contributed by atoms with Crippen LogP contribution in [0.5, 0.6) is 0 Å². The Morgan fingerprint density at radius 3 is 2.75 bits per heavy atom. The molecular weight excluding hydrogens is 172 g/mol. The maximum atomic E-state index is 9.52. The molecule has 12 heavy (non-hydrogen) atoms. The number of hydrogen-bond acceptors (Lipinski definition) is 4. The first kappa shape index (κ1) is 9.48. The third-order valence-electron chi connectivity index (χ3n) is 1.37. The Hall–Kier alpha value is -0.610. The molecule has 1 N–H and O–H groups in total. The lowest BCUT2D eigenvalue weighted by molar-refractivity contribution is 0.0886. The normalized spacial score (nSPS) is 11.7. The van der Waals surface area contributed by atoms with E-state index in [1.165, 1.54) is 0 Å². The number of aliphatic hydroxyl groups is 1. The van der Waals surface area contributed by atoms with Crippen molar-refractivity contribution in [3.05, 3.63) is 11.6 Å². The summed E-state index contributed by atoms with van der Waals surface area (Å²) in [6.45, 7) is 4.18. The largest absolute Gasteiger partial charge is 0.389 e. The summed E-state index contributed by atoms with van der Waals surface area (Å²) in [7, 11) is 1.93. The second kappa shape index (κ2) is 3.41. The first-order chi connectivity index (χ1) is 5.49. The second-order valence-electron chi connectivity index (χ2n) is 3.48. The molecule has 0 spiro atoms. The summed E-state index contributed by atoms with van der Waals surface area (Å²) >= 11 is 1.58. The monoisotopic (exact) mass is 186 g/mol. The molecule has 1 aromatic heterocycles. The average molecular weight is 186 g/mol. The fraction of sp³-hybridized carbons (Fsp3) is 0.625. The predicted octanol–water partition coefficient (Wildman–Crippen LogP) is 1.35. The summed E-state index contributed by atoms with van der Waals surface area (Å²) in [5.41, 5.74) is -0.666. The molecule has 0 saturated heterocycles. The summed E-state index contributed by atoms with van der Waals surface area (Å²) in [6, 6.07) is 0. The van der Waals surface area contributed by atoms with Crippen LogP contribution in [0.3, 0.4) is 0 Å². The minimum atomic E-state index is -0.666. The van der Waals surface area contributed by atoms with Crippen molar-refractivity contribution in [2.45, 2.75) is 19.4 Å². The van der Waals surface area contributed by atoms with Gasteiger partial charge in [0.2, 0.25) is 0 Å². The fourth-order valence-corrected chi connectivity index (χ4v) is 1.66. The quantitative estimate of drug-likeness (QED) is 0.774. The molecule has 1 rings (SSSR count). The van der Waals surface area contributed by atoms with E-state index in [0.29, 0.717) is 6.54 Å². The highest BCUT2D eigenvalue weighted by atomic mass is 32.1. The summed E-state index contributed by atoms with van der Waals surface area (Å²) in [4.78, 5) is 6.08. The zero-order valence-electron chi connectivity index (χ0n) is 7.61. The number of aromatic nitrogens is 1. The first-order valence-electron chi connectivity index (χ1n) is 3.82. The molecule has 0 unspecified atom stereocenters. The molecule has 0 bridgehead atoms. The van der Waals surface area contributed by atoms with Crippen molar-refractivity contribution in [3.63, 3.8) is 0 Å². The van der Waals surface area contributed by atoms with Crippen LogP contribution in [0.15, 0.2) is 11.6 Å². The van der Waals surface area contributed by atoms with E-state index in [1.807, 2.05) is 17.3 Å². The van der Waals surface area contributed by atoms with E-state index < -0.39 is 5.60 Å². The number of hydrogen-bond donors (Lipinski definition) is 1. The van der Waals surface area contributed by atoms with E-state index in [4.69, 9.17) is 0 Å². The van der Waals surface area contributed by atoms with Gasteiger partial charge in [-0.2, -0.15) is 0 Å². The first-order valence-corrected chi connectivity index (χ1v) is 4.70. The maximum Gasteiger partial charge on any atom is 0.185 e. The molecule has 0 atom stereocenters. The SMILES string of the molecule is CN(CC(C)(C)O)c1nccs1. The van der Waals surface area contributed by atoms with Crippen LogP contribution in [-0.2, 0) is 0 Å². The van der Waals surface area contributed by atoms with Gasteiger partial charge in [-0.05, 0) is 13.8 Å². The van der Waals surface area contributed by atoms with Gasteiger partial charge in [-0.15, -0.1) is 11.3 Å². The van der Waals surface area contributed by atoms with Crippen molar-refractivity contribution in [2.24, 2.45) is 0 Å². The Morgan fingerprint density at radius 1 is 1.67 bits per heavy atom. The third-order valence-corrected chi connectivity index (χ3v) is 2.26. The Kier molecular flexibility index (Phi) is 2.69. The minimum Gasteiger partial charge on any atom is -0.389 e. The molecule has 1 aromatic rings. The zero-order chi connectivity index (χ0) is 9.19. The van der Waals surface area contributed by atoms with E-state index in [9.17, 15) is 5.11 Å². The molecule has 0 aromatic carbocycles. The number of likely N-dealkylation sites (N-methyl/N-ethyl adjacent to an activating group) is 1. The van der Waals surface area contributed by atoms with Crippen LogP contribution >= 0.6 is 11.3 Å². The number of rotatable bonds is 3. The molecule has 68 valence electrons. The Labute approximate surface area is 76.7 Å². The molecule has 0 saturated carbocycles. The van der Waals surface area contributed by atoms with Crippen LogP contribution in [0.2, 0.25) is 0 Å². The summed E-state index contributed by atoms with van der Waals surface area (Å²) < 4.78 is 0. The van der Waals surface area contributed by atoms with Gasteiger partial charge in [-0.1, -0.05) is 0 Å². The molecule has 0 amide bonds. The predicted molar refractivity (Wildman–Crippen MR) is 51.7 cm³/mol. The van der Waals surface area contributed by atoms with Crippen LogP contribution in [0.1, 0.15) is 13.8 Å². The molecule has 4 heteroatoms. The van der Waals surface area contributed by atoms with Crippen LogP contribution in [0, 0.1) is 0 Å². The van der Waals surface area contributed by atoms with Crippen molar-refractivity contribution in [1.82, 2.24) is 4.98 Å². The van der Waals surface area contributed by atoms with Crippen LogP contribution < -0.4 is 4.90 Å². The molecule has 0 fully saturated rings. The minimum absolute atomic E-state index is 0.598. The van der Waals surface area contributed by atoms with Gasteiger partial charge in [0.15, 0.2) is 5.13 Å². The smallest absolute Gasteiger partial charge is 0.185 e. The summed E-state index contributed by atoms with van der Waals surface area (Å²) in [6.07, 6.45) is 1.76. The van der Waals surface area contributed by atoms with Gasteiger partial charge in [-0.25, -0.2) is 4.98 Å². The van der Waals surface area contributed by atoms with Crippen LogP contribution in [0.25, 0.3) is 0 Å². The van der Waals surface area contributed by atoms with Gasteiger partial charge in [-0.3, -0.25) is 0 Å². The summed E-state index contributed by atoms with van der Waals surface area (Å²) in [5.74, 6) is 0. The third kappa shape index (κ3) is 2.79. The topological polar surface area (TPSA) is 36.4 Å². The van der Waals surface area contributed by atoms with Crippen molar-refractivity contribution in [2.75, 3.05) is 18.5 Å². The lowest BCUT2D eigenvalue weighted by atomic mass is 10.1. The van der Waals surface area contributed by atoms with Gasteiger partial charge >= 0.3 is 0 Å². The van der Waals surface area contributed by atoms with Crippen molar-refractivity contribution in [3.8, 4) is 0 Å². The molecular formula is C8H14N2OS. The highest BCUT2D eigenvalue weighted by molar-refractivity contribution is 7.13. The van der Waals surface area contributed by atoms with Gasteiger partial charge in [0.1, 0.15) is 0 Å². The molecule has 0 aliphatic rings. The number of anilines is 1. The average Bonchev–Trinajstić information content (AvgIpc) is 2.32. The number of nitrogens with zero attached hydrogens (tertiary/aromatic N) is 2. The van der Waals surface area contributed by atoms with Gasteiger partial charge in [0.25, 0.3) is 0 Å². The number of thiazole rings is 1. The highest BCUT2D eigenvalue weighted by Gasteiger charge is 2.16. The summed E-state index contributed by atoms with van der Waals surface area (Å²) in [5, 5.41) is 12.4. The fourth-order valence-electron chi connectivity index (χ4n) is 1.05. The lowest BCUT2D eigenvalue weighted by Crippen LogP contribution is -2.36.